The summed E-state index contributed by atoms with van der Waals surface area (Å²) in [6, 6.07) is 0.716. The van der Waals surface area contributed by atoms with E-state index in [1.165, 1.54) is 0 Å². The van der Waals surface area contributed by atoms with Crippen molar-refractivity contribution in [1.82, 2.24) is 10.2 Å². The third-order valence-electron chi connectivity index (χ3n) is 3.47. The molecule has 0 aliphatic carbocycles. The molecule has 0 aromatic carbocycles. The molecule has 2 unspecified atom stereocenters. The second-order valence-electron chi connectivity index (χ2n) is 4.56. The fourth-order valence-electron chi connectivity index (χ4n) is 2.42. The summed E-state index contributed by atoms with van der Waals surface area (Å²) in [5.74, 6) is 0. The molecule has 2 aliphatic rings. The van der Waals surface area contributed by atoms with Crippen molar-refractivity contribution in [3.05, 3.63) is 0 Å². The van der Waals surface area contributed by atoms with Crippen LogP contribution in [-0.2, 0) is 4.74 Å². The first-order valence-electron chi connectivity index (χ1n) is 5.21. The summed E-state index contributed by atoms with van der Waals surface area (Å²) in [4.78, 5) is 2.55. The fraction of sp³-hybridized carbons (Fsp3) is 1.00. The highest BCUT2D eigenvalue weighted by atomic mass is 32.2. The van der Waals surface area contributed by atoms with E-state index in [4.69, 9.17) is 4.74 Å². The van der Waals surface area contributed by atoms with Crippen LogP contribution in [0.5, 0.6) is 0 Å². The maximum absolute atomic E-state index is 5.46. The second kappa shape index (κ2) is 4.00. The molecule has 3 nitrogen and oxygen atoms in total. The molecule has 2 atom stereocenters. The minimum Gasteiger partial charge on any atom is -0.376 e. The molecule has 0 bridgehead atoms. The van der Waals surface area contributed by atoms with Gasteiger partial charge < -0.3 is 10.1 Å². The Morgan fingerprint density at radius 2 is 2.14 bits per heavy atom. The quantitative estimate of drug-likeness (QED) is 0.738. The first kappa shape index (κ1) is 10.7. The van der Waals surface area contributed by atoms with E-state index in [2.05, 4.69) is 23.4 Å². The van der Waals surface area contributed by atoms with Crippen LogP contribution in [0.2, 0.25) is 0 Å². The van der Waals surface area contributed by atoms with Crippen LogP contribution in [-0.4, -0.2) is 61.3 Å². The Hall–Kier alpha value is 0.230. The number of methoxy groups -OCH3 is 1. The Kier molecular flexibility index (Phi) is 3.07. The van der Waals surface area contributed by atoms with Gasteiger partial charge >= 0.3 is 0 Å². The Morgan fingerprint density at radius 3 is 2.71 bits per heavy atom. The summed E-state index contributed by atoms with van der Waals surface area (Å²) in [6.07, 6.45) is 2.21. The standard InChI is InChI=1S/C10H20N2OS/c1-10(13-2)6-12(7-10)8-4-11-5-9(8)14-3/h8-9,11H,4-7H2,1-3H3. The van der Waals surface area contributed by atoms with Crippen LogP contribution in [0.1, 0.15) is 6.92 Å². The van der Waals surface area contributed by atoms with Gasteiger partial charge in [-0.25, -0.2) is 0 Å². The van der Waals surface area contributed by atoms with Crippen molar-refractivity contribution in [3.8, 4) is 0 Å². The lowest BCUT2D eigenvalue weighted by Gasteiger charge is -2.50. The third-order valence-corrected chi connectivity index (χ3v) is 4.55. The maximum atomic E-state index is 5.46. The van der Waals surface area contributed by atoms with E-state index in [9.17, 15) is 0 Å². The molecule has 2 rings (SSSR count). The van der Waals surface area contributed by atoms with E-state index in [0.29, 0.717) is 6.04 Å². The van der Waals surface area contributed by atoms with Gasteiger partial charge in [-0.2, -0.15) is 11.8 Å². The van der Waals surface area contributed by atoms with E-state index in [1.54, 1.807) is 0 Å². The number of thioether (sulfide) groups is 1. The highest BCUT2D eigenvalue weighted by Crippen LogP contribution is 2.30. The van der Waals surface area contributed by atoms with E-state index >= 15 is 0 Å². The lowest BCUT2D eigenvalue weighted by Crippen LogP contribution is -2.65. The Balaban J connectivity index is 1.86. The highest BCUT2D eigenvalue weighted by Gasteiger charge is 2.45. The predicted octanol–water partition coefficient (Wildman–Crippen LogP) is 0.411. The lowest BCUT2D eigenvalue weighted by atomic mass is 9.94. The van der Waals surface area contributed by atoms with Crippen molar-refractivity contribution in [1.29, 1.82) is 0 Å². The average molecular weight is 216 g/mol. The van der Waals surface area contributed by atoms with Gasteiger partial charge in [0.15, 0.2) is 0 Å². The van der Waals surface area contributed by atoms with Crippen molar-refractivity contribution >= 4 is 11.8 Å². The molecule has 2 fully saturated rings. The Bertz CT molecular complexity index is 206. The maximum Gasteiger partial charge on any atom is 0.0903 e. The molecule has 2 heterocycles. The molecule has 0 aromatic rings. The van der Waals surface area contributed by atoms with Crippen LogP contribution in [0.15, 0.2) is 0 Å². The molecule has 82 valence electrons. The number of likely N-dealkylation sites (tertiary alicyclic amines) is 1. The molecular formula is C10H20N2OS. The zero-order chi connectivity index (χ0) is 10.2. The van der Waals surface area contributed by atoms with Crippen molar-refractivity contribution in [2.45, 2.75) is 23.8 Å². The Morgan fingerprint density at radius 1 is 1.43 bits per heavy atom. The van der Waals surface area contributed by atoms with Gasteiger partial charge in [-0.05, 0) is 13.2 Å². The van der Waals surface area contributed by atoms with Crippen LogP contribution < -0.4 is 5.32 Å². The third kappa shape index (κ3) is 1.81. The predicted molar refractivity (Wildman–Crippen MR) is 60.9 cm³/mol. The van der Waals surface area contributed by atoms with E-state index in [-0.39, 0.29) is 5.60 Å². The number of nitrogens with one attached hydrogen (secondary N) is 1. The summed E-state index contributed by atoms with van der Waals surface area (Å²) in [5, 5.41) is 4.23. The molecule has 2 saturated heterocycles. The van der Waals surface area contributed by atoms with Crippen molar-refractivity contribution in [2.75, 3.05) is 39.5 Å². The zero-order valence-electron chi connectivity index (χ0n) is 9.25. The van der Waals surface area contributed by atoms with Gasteiger partial charge in [0.2, 0.25) is 0 Å². The summed E-state index contributed by atoms with van der Waals surface area (Å²) < 4.78 is 5.46. The van der Waals surface area contributed by atoms with Crippen LogP contribution in [0.25, 0.3) is 0 Å². The SMILES string of the molecule is COC1(C)CN(C2CNCC2SC)C1. The summed E-state index contributed by atoms with van der Waals surface area (Å²) in [5.41, 5.74) is 0.117. The fourth-order valence-corrected chi connectivity index (χ4v) is 3.29. The molecule has 4 heteroatoms. The summed E-state index contributed by atoms with van der Waals surface area (Å²) in [6.45, 7) is 6.68. The molecule has 0 aromatic heterocycles. The van der Waals surface area contributed by atoms with Crippen molar-refractivity contribution < 1.29 is 4.74 Å². The van der Waals surface area contributed by atoms with Gasteiger partial charge in [-0.3, -0.25) is 4.90 Å². The van der Waals surface area contributed by atoms with Crippen molar-refractivity contribution in [3.63, 3.8) is 0 Å². The molecule has 0 amide bonds. The second-order valence-corrected chi connectivity index (χ2v) is 5.64. The van der Waals surface area contributed by atoms with Gasteiger partial charge in [-0.1, -0.05) is 0 Å². The minimum atomic E-state index is 0.117. The van der Waals surface area contributed by atoms with E-state index < -0.39 is 0 Å². The topological polar surface area (TPSA) is 24.5 Å². The molecule has 0 radical (unpaired) electrons. The highest BCUT2D eigenvalue weighted by molar-refractivity contribution is 7.99. The smallest absolute Gasteiger partial charge is 0.0903 e. The largest absolute Gasteiger partial charge is 0.376 e. The summed E-state index contributed by atoms with van der Waals surface area (Å²) in [7, 11) is 1.82. The van der Waals surface area contributed by atoms with Crippen LogP contribution in [0, 0.1) is 0 Å². The van der Waals surface area contributed by atoms with E-state index in [0.717, 1.165) is 31.4 Å². The Labute approximate surface area is 90.6 Å². The molecule has 0 saturated carbocycles. The first-order chi connectivity index (χ1) is 6.68. The number of hydrogen-bond donors (Lipinski definition) is 1. The minimum absolute atomic E-state index is 0.117. The molecule has 2 aliphatic heterocycles. The lowest BCUT2D eigenvalue weighted by molar-refractivity contribution is -0.123. The van der Waals surface area contributed by atoms with Crippen molar-refractivity contribution in [2.24, 2.45) is 0 Å². The zero-order valence-corrected chi connectivity index (χ0v) is 10.1. The first-order valence-corrected chi connectivity index (χ1v) is 6.50. The molecule has 1 N–H and O–H groups in total. The van der Waals surface area contributed by atoms with Crippen LogP contribution in [0.3, 0.4) is 0 Å². The van der Waals surface area contributed by atoms with Gasteiger partial charge in [0.1, 0.15) is 0 Å². The normalized spacial score (nSPS) is 37.1. The van der Waals surface area contributed by atoms with Crippen LogP contribution in [0.4, 0.5) is 0 Å². The number of hydrogen-bond acceptors (Lipinski definition) is 4. The average Bonchev–Trinajstić information content (AvgIpc) is 2.60. The van der Waals surface area contributed by atoms with Gasteiger partial charge in [-0.15, -0.1) is 0 Å². The van der Waals surface area contributed by atoms with E-state index in [1.807, 2.05) is 18.9 Å². The summed E-state index contributed by atoms with van der Waals surface area (Å²) >= 11 is 1.98. The number of nitrogens with zero attached hydrogens (tertiary/aromatic N) is 1. The molecule has 14 heavy (non-hydrogen) atoms. The molecular weight excluding hydrogens is 196 g/mol. The van der Waals surface area contributed by atoms with Gasteiger partial charge in [0.05, 0.1) is 5.60 Å². The monoisotopic (exact) mass is 216 g/mol. The van der Waals surface area contributed by atoms with Crippen LogP contribution >= 0.6 is 11.8 Å². The van der Waals surface area contributed by atoms with Gasteiger partial charge in [0.25, 0.3) is 0 Å². The van der Waals surface area contributed by atoms with Gasteiger partial charge in [0, 0.05) is 44.6 Å². The number of rotatable bonds is 3. The molecule has 0 spiro atoms. The number of ether oxygens (including phenoxy) is 1.